The van der Waals surface area contributed by atoms with E-state index in [0.29, 0.717) is 26.3 Å². The molecule has 0 aromatic heterocycles. The highest BCUT2D eigenvalue weighted by Crippen LogP contribution is 2.41. The SMILES string of the molecule is CC(C)S(=O)(=O)N1CC2(C1)OCCC2COCC(=O)N(C)C. The fourth-order valence-electron chi connectivity index (χ4n) is 2.82. The number of sulfonamides is 1. The highest BCUT2D eigenvalue weighted by Gasteiger charge is 2.56. The van der Waals surface area contributed by atoms with Crippen LogP contribution in [0, 0.1) is 5.92 Å². The van der Waals surface area contributed by atoms with E-state index in [-0.39, 0.29) is 18.4 Å². The van der Waals surface area contributed by atoms with Gasteiger partial charge in [-0.05, 0) is 20.3 Å². The third kappa shape index (κ3) is 3.29. The molecule has 0 saturated carbocycles. The molecule has 1 unspecified atom stereocenters. The third-order valence-corrected chi connectivity index (χ3v) is 6.66. The van der Waals surface area contributed by atoms with Gasteiger partial charge in [0.15, 0.2) is 0 Å². The molecule has 22 heavy (non-hydrogen) atoms. The zero-order chi connectivity index (χ0) is 16.5. The Bertz CT molecular complexity index is 511. The minimum Gasteiger partial charge on any atom is -0.372 e. The molecule has 2 aliphatic heterocycles. The number of rotatable bonds is 6. The molecule has 0 aromatic carbocycles. The second kappa shape index (κ2) is 6.43. The van der Waals surface area contributed by atoms with Crippen molar-refractivity contribution in [3.63, 3.8) is 0 Å². The standard InChI is InChI=1S/C14H26N2O5S/c1-11(2)22(18,19)16-9-14(10-16)12(5-6-21-14)7-20-8-13(17)15(3)4/h11-12H,5-10H2,1-4H3. The van der Waals surface area contributed by atoms with Crippen LogP contribution in [0.3, 0.4) is 0 Å². The van der Waals surface area contributed by atoms with Crippen molar-refractivity contribution in [3.8, 4) is 0 Å². The van der Waals surface area contributed by atoms with Crippen molar-refractivity contribution in [1.82, 2.24) is 9.21 Å². The van der Waals surface area contributed by atoms with E-state index < -0.39 is 20.9 Å². The zero-order valence-electron chi connectivity index (χ0n) is 13.7. The van der Waals surface area contributed by atoms with Gasteiger partial charge < -0.3 is 14.4 Å². The molecule has 8 heteroatoms. The van der Waals surface area contributed by atoms with Crippen molar-refractivity contribution in [2.75, 3.05) is 47.0 Å². The first kappa shape index (κ1) is 17.7. The van der Waals surface area contributed by atoms with Crippen LogP contribution in [0.2, 0.25) is 0 Å². The largest absolute Gasteiger partial charge is 0.372 e. The molecule has 1 spiro atoms. The Hall–Kier alpha value is -0.700. The lowest BCUT2D eigenvalue weighted by atomic mass is 9.83. The predicted molar refractivity (Wildman–Crippen MR) is 81.9 cm³/mol. The van der Waals surface area contributed by atoms with Crippen molar-refractivity contribution >= 4 is 15.9 Å². The van der Waals surface area contributed by atoms with Crippen molar-refractivity contribution in [1.29, 1.82) is 0 Å². The van der Waals surface area contributed by atoms with Gasteiger partial charge in [-0.25, -0.2) is 8.42 Å². The van der Waals surface area contributed by atoms with Crippen LogP contribution in [0.1, 0.15) is 20.3 Å². The van der Waals surface area contributed by atoms with Crippen molar-refractivity contribution in [2.45, 2.75) is 31.1 Å². The Morgan fingerprint density at radius 3 is 2.59 bits per heavy atom. The maximum Gasteiger partial charge on any atom is 0.248 e. The molecule has 2 heterocycles. The number of ether oxygens (including phenoxy) is 2. The fraction of sp³-hybridized carbons (Fsp3) is 0.929. The molecule has 0 bridgehead atoms. The van der Waals surface area contributed by atoms with Gasteiger partial charge in [-0.3, -0.25) is 4.79 Å². The predicted octanol–water partition coefficient (Wildman–Crippen LogP) is -0.0797. The number of carbonyl (C=O) groups excluding carboxylic acids is 1. The van der Waals surface area contributed by atoms with Gasteiger partial charge in [-0.2, -0.15) is 4.31 Å². The van der Waals surface area contributed by atoms with Crippen molar-refractivity contribution in [3.05, 3.63) is 0 Å². The molecule has 0 aromatic rings. The minimum atomic E-state index is -3.22. The summed E-state index contributed by atoms with van der Waals surface area (Å²) in [7, 11) is 0.153. The van der Waals surface area contributed by atoms with E-state index in [2.05, 4.69) is 0 Å². The summed E-state index contributed by atoms with van der Waals surface area (Å²) in [6.07, 6.45) is 0.839. The molecule has 2 rings (SSSR count). The second-order valence-electron chi connectivity index (χ2n) is 6.56. The molecular formula is C14H26N2O5S. The fourth-order valence-corrected chi connectivity index (χ4v) is 4.21. The van der Waals surface area contributed by atoms with Gasteiger partial charge in [0, 0.05) is 39.7 Å². The van der Waals surface area contributed by atoms with Gasteiger partial charge in [0.05, 0.1) is 11.9 Å². The van der Waals surface area contributed by atoms with E-state index in [0.717, 1.165) is 6.42 Å². The zero-order valence-corrected chi connectivity index (χ0v) is 14.6. The van der Waals surface area contributed by atoms with E-state index in [4.69, 9.17) is 9.47 Å². The summed E-state index contributed by atoms with van der Waals surface area (Å²) in [5, 5.41) is -0.418. The number of hydrogen-bond donors (Lipinski definition) is 0. The number of hydrogen-bond acceptors (Lipinski definition) is 5. The molecule has 0 aliphatic carbocycles. The van der Waals surface area contributed by atoms with Crippen LogP contribution in [-0.4, -0.2) is 81.4 Å². The quantitative estimate of drug-likeness (QED) is 0.679. The lowest BCUT2D eigenvalue weighted by molar-refractivity contribution is -0.138. The highest BCUT2D eigenvalue weighted by molar-refractivity contribution is 7.89. The van der Waals surface area contributed by atoms with E-state index in [1.54, 1.807) is 27.9 Å². The van der Waals surface area contributed by atoms with Gasteiger partial charge in [0.25, 0.3) is 0 Å². The number of likely N-dealkylation sites (N-methyl/N-ethyl adjacent to an activating group) is 1. The number of carbonyl (C=O) groups is 1. The van der Waals surface area contributed by atoms with E-state index in [9.17, 15) is 13.2 Å². The van der Waals surface area contributed by atoms with Crippen LogP contribution in [0.4, 0.5) is 0 Å². The van der Waals surface area contributed by atoms with Gasteiger partial charge in [-0.15, -0.1) is 0 Å². The molecule has 1 atom stereocenters. The molecule has 2 aliphatic rings. The number of amides is 1. The molecule has 2 fully saturated rings. The summed E-state index contributed by atoms with van der Waals surface area (Å²) in [6.45, 7) is 5.24. The molecule has 7 nitrogen and oxygen atoms in total. The summed E-state index contributed by atoms with van der Waals surface area (Å²) in [5.74, 6) is 0.0617. The van der Waals surface area contributed by atoms with Gasteiger partial charge in [0.2, 0.25) is 15.9 Å². The van der Waals surface area contributed by atoms with Crippen LogP contribution in [0.15, 0.2) is 0 Å². The second-order valence-corrected chi connectivity index (χ2v) is 9.05. The Balaban J connectivity index is 1.87. The topological polar surface area (TPSA) is 76.1 Å². The first-order valence-electron chi connectivity index (χ1n) is 7.60. The average molecular weight is 334 g/mol. The lowest BCUT2D eigenvalue weighted by Crippen LogP contribution is -2.67. The Morgan fingerprint density at radius 1 is 1.41 bits per heavy atom. The molecular weight excluding hydrogens is 308 g/mol. The first-order valence-corrected chi connectivity index (χ1v) is 9.10. The van der Waals surface area contributed by atoms with E-state index in [1.165, 1.54) is 9.21 Å². The Labute approximate surface area is 132 Å². The van der Waals surface area contributed by atoms with Crippen LogP contribution in [-0.2, 0) is 24.3 Å². The van der Waals surface area contributed by atoms with E-state index in [1.807, 2.05) is 0 Å². The summed E-state index contributed by atoms with van der Waals surface area (Å²) in [4.78, 5) is 13.0. The average Bonchev–Trinajstić information content (AvgIpc) is 2.80. The van der Waals surface area contributed by atoms with Crippen LogP contribution < -0.4 is 0 Å². The number of nitrogens with zero attached hydrogens (tertiary/aromatic N) is 2. The Morgan fingerprint density at radius 2 is 2.05 bits per heavy atom. The maximum absolute atomic E-state index is 12.1. The maximum atomic E-state index is 12.1. The van der Waals surface area contributed by atoms with Crippen LogP contribution in [0.5, 0.6) is 0 Å². The summed E-state index contributed by atoms with van der Waals surface area (Å²) >= 11 is 0. The normalized spacial score (nSPS) is 24.7. The molecule has 1 amide bonds. The van der Waals surface area contributed by atoms with Gasteiger partial charge in [-0.1, -0.05) is 0 Å². The first-order chi connectivity index (χ1) is 10.2. The van der Waals surface area contributed by atoms with Crippen LogP contribution in [0.25, 0.3) is 0 Å². The van der Waals surface area contributed by atoms with E-state index >= 15 is 0 Å². The third-order valence-electron chi connectivity index (χ3n) is 4.49. The minimum absolute atomic E-state index is 0.0492. The van der Waals surface area contributed by atoms with Crippen LogP contribution >= 0.6 is 0 Å². The highest BCUT2D eigenvalue weighted by atomic mass is 32.2. The monoisotopic (exact) mass is 334 g/mol. The van der Waals surface area contributed by atoms with Gasteiger partial charge >= 0.3 is 0 Å². The Kier molecular flexibility index (Phi) is 5.16. The summed E-state index contributed by atoms with van der Waals surface area (Å²) in [5.41, 5.74) is -0.427. The molecule has 0 radical (unpaired) electrons. The summed E-state index contributed by atoms with van der Waals surface area (Å²) < 4.78 is 37.1. The van der Waals surface area contributed by atoms with Gasteiger partial charge in [0.1, 0.15) is 12.2 Å². The molecule has 128 valence electrons. The molecule has 2 saturated heterocycles. The van der Waals surface area contributed by atoms with Crippen molar-refractivity contribution < 1.29 is 22.7 Å². The molecule has 0 N–H and O–H groups in total. The smallest absolute Gasteiger partial charge is 0.248 e. The lowest BCUT2D eigenvalue weighted by Gasteiger charge is -2.49. The summed E-state index contributed by atoms with van der Waals surface area (Å²) in [6, 6.07) is 0. The van der Waals surface area contributed by atoms with Crippen molar-refractivity contribution in [2.24, 2.45) is 5.92 Å².